The van der Waals surface area contributed by atoms with Crippen LogP contribution in [-0.4, -0.2) is 300 Å². The van der Waals surface area contributed by atoms with E-state index < -0.39 is 346 Å². The molecule has 9 aliphatic heterocycles. The van der Waals surface area contributed by atoms with E-state index in [4.69, 9.17) is 101 Å². The second-order valence-corrected chi connectivity index (χ2v) is 34.4. The summed E-state index contributed by atoms with van der Waals surface area (Å²) in [6, 6.07) is -4.01. The first kappa shape index (κ1) is 98.8. The number of aliphatic hydroxyl groups excluding tert-OH is 18. The lowest BCUT2D eigenvalue weighted by Crippen LogP contribution is -2.60. The minimum Gasteiger partial charge on any atom is -0.508 e. The summed E-state index contributed by atoms with van der Waals surface area (Å²) in [5, 5.41) is 285. The normalized spacial score (nSPS) is 29.4. The zero-order valence-electron chi connectivity index (χ0n) is 69.9. The number of rotatable bonds is 18. The fourth-order valence-corrected chi connectivity index (χ4v) is 17.3. The van der Waals surface area contributed by atoms with Gasteiger partial charge in [-0.1, -0.05) is 103 Å². The molecule has 16 unspecified atom stereocenters. The molecule has 3 saturated heterocycles. The molecular formula is C86H89Cl5N8O35. The van der Waals surface area contributed by atoms with Crippen molar-refractivity contribution in [2.75, 3.05) is 20.3 Å². The molecule has 9 aliphatic rings. The first-order valence-corrected chi connectivity index (χ1v) is 43.0. The predicted octanol–water partition coefficient (Wildman–Crippen LogP) is 8.17. The highest BCUT2D eigenvalue weighted by Gasteiger charge is 2.53. The summed E-state index contributed by atoms with van der Waals surface area (Å²) in [4.78, 5) is 58.5. The molecule has 0 spiro atoms. The SMILES string of the molecule is CNC1C(O)=N[C@H]2C(O)=N[C@H](C(O)=N[C@H]3C(O)=N[C@H]4C(O)=N[C@H](C(O)=N[C@H](C(=O)O)c5cc(O)cc(O)c5-c5cc4cc(Cl)c5OC4OC(CO)C(O)C(O)C4O)[C@H](OC4OC(C(=O)O)C(O)C(O)C4N=C(O)CCCCCC(C)C)c4cc(Cl)c(c(Cl)c4)Oc4cc3cc(c4OC3OC(CO)C(O)C(O)C3O)Oc3ccc(cc3Cl)[C@H]2O)c2cc(cc(O)c2Cl)Oc2cc1ccc2O. The molecule has 134 heavy (non-hydrogen) atoms. The lowest BCUT2D eigenvalue weighted by atomic mass is 9.90. The number of benzene rings is 7. The first-order valence-electron chi connectivity index (χ1n) is 41.1. The third-order valence-corrected chi connectivity index (χ3v) is 24.4. The number of aliphatic carboxylic acids is 2. The number of carboxylic acid groups (broad SMARTS) is 2. The second-order valence-electron chi connectivity index (χ2n) is 32.4. The van der Waals surface area contributed by atoms with Crippen LogP contribution in [0.15, 0.2) is 132 Å². The van der Waals surface area contributed by atoms with Gasteiger partial charge in [0.05, 0.1) is 38.3 Å². The standard InChI is InChI=1S/C86H89Cl5N8O35/c1-27(2)7-5-4-6-8-51(106)93-60-65(110)68(113)75(83(124)125)134-84(60)131-71-32-16-40(89)73(41(90)17-32)128-48-20-31-19-47(74(48)133-86-70(115)67(112)64(109)50(26-101)130-86)127-45-12-10-29(14-38(45)87)62(107)59-80(120)96-57(37-23-34(24-44(105)53(37)91)126-46-18-28(9-11-42(46)103)54(92-3)76(116)98-59)79(119)95-56(31)77(117)94-55-30-13-36(72(39(88)15-30)132-85-69(114)66(111)63(108)49(25-100)129-85)52-35(21-33(102)22-43(52)104)58(82(122)123)97-81(121)61(71)99-78(55)118/h9-24,27,49-50,54-71,75,84-86,92,100-105,107-115H,4-8,25-26H2,1-3H3,(H,93,106)(H,94,117)(H,95,119)(H,96,120)(H,97,121)(H,98,116)(H,99,118)(H,122,123)(H,124,125)/t49?,50?,54?,55-,56-,57+,58+,59-,60?,61+,62-,63?,64?,65?,66?,67?,68?,69?,70?,71-,75?,84?,85?,86?/m1/s1. The Balaban J connectivity index is 1.12. The van der Waals surface area contributed by atoms with Gasteiger partial charge in [-0.25, -0.2) is 44.5 Å². The molecule has 0 saturated carbocycles. The quantitative estimate of drug-likeness (QED) is 0.0219. The molecule has 7 aromatic carbocycles. The summed E-state index contributed by atoms with van der Waals surface area (Å²) in [5.74, 6) is -22.4. The Hall–Kier alpha value is -11.2. The van der Waals surface area contributed by atoms with Crippen molar-refractivity contribution in [3.8, 4) is 80.1 Å². The number of aliphatic hydroxyl groups is 18. The van der Waals surface area contributed by atoms with Crippen LogP contribution in [0.1, 0.15) is 127 Å². The van der Waals surface area contributed by atoms with E-state index >= 15 is 0 Å². The van der Waals surface area contributed by atoms with Crippen LogP contribution in [0.5, 0.6) is 69.0 Å². The Morgan fingerprint density at radius 1 is 0.470 bits per heavy atom. The predicted molar refractivity (Wildman–Crippen MR) is 472 cm³/mol. The molecular weight excluding hydrogens is 1880 g/mol. The molecule has 718 valence electrons. The fourth-order valence-electron chi connectivity index (χ4n) is 16.0. The number of ether oxygens (including phenoxy) is 9. The van der Waals surface area contributed by atoms with Gasteiger partial charge in [0.2, 0.25) is 53.7 Å². The van der Waals surface area contributed by atoms with Gasteiger partial charge in [-0.2, -0.15) is 0 Å². The van der Waals surface area contributed by atoms with Crippen LogP contribution in [0.4, 0.5) is 0 Å². The molecule has 43 nitrogen and oxygen atoms in total. The molecule has 17 bridgehead atoms. The Kier molecular flexibility index (Phi) is 30.0. The van der Waals surface area contributed by atoms with Crippen molar-refractivity contribution < 1.29 is 175 Å². The number of hydrogen-bond acceptors (Lipinski definition) is 34. The summed E-state index contributed by atoms with van der Waals surface area (Å²) >= 11 is 36.4. The van der Waals surface area contributed by atoms with Gasteiger partial charge in [-0.05, 0) is 120 Å². The van der Waals surface area contributed by atoms with Crippen molar-refractivity contribution in [3.63, 3.8) is 0 Å². The number of halogens is 5. The van der Waals surface area contributed by atoms with Crippen molar-refractivity contribution in [3.05, 3.63) is 161 Å². The van der Waals surface area contributed by atoms with Gasteiger partial charge < -0.3 is 171 Å². The van der Waals surface area contributed by atoms with Crippen LogP contribution in [0.25, 0.3) is 11.1 Å². The molecule has 0 amide bonds. The number of likely N-dealkylation sites (N-methyl/N-ethyl adjacent to an activating group) is 1. The van der Waals surface area contributed by atoms with Crippen LogP contribution < -0.4 is 29.0 Å². The van der Waals surface area contributed by atoms with Crippen molar-refractivity contribution in [2.45, 2.75) is 193 Å². The maximum absolute atomic E-state index is 14.4. The zero-order chi connectivity index (χ0) is 96.9. The molecule has 0 aliphatic carbocycles. The topological polar surface area (TPSA) is 701 Å². The summed E-state index contributed by atoms with van der Waals surface area (Å²) in [6.45, 7) is 1.82. The van der Waals surface area contributed by atoms with Gasteiger partial charge in [0.1, 0.15) is 120 Å². The number of hydrogen-bond donors (Lipinski definition) is 25. The highest BCUT2D eigenvalue weighted by Crippen LogP contribution is 2.54. The lowest BCUT2D eigenvalue weighted by molar-refractivity contribution is -0.277. The molecule has 0 aromatic heterocycles. The van der Waals surface area contributed by atoms with E-state index in [-0.39, 0.29) is 29.9 Å². The number of phenolic OH excluding ortho intramolecular Hbond substituents is 4. The van der Waals surface area contributed by atoms with E-state index in [2.05, 4.69) is 40.3 Å². The maximum Gasteiger partial charge on any atom is 0.335 e. The summed E-state index contributed by atoms with van der Waals surface area (Å²) < 4.78 is 56.4. The zero-order valence-corrected chi connectivity index (χ0v) is 73.6. The monoisotopic (exact) mass is 1970 g/mol. The van der Waals surface area contributed by atoms with E-state index in [1.165, 1.54) is 19.2 Å². The van der Waals surface area contributed by atoms with E-state index in [1.54, 1.807) is 0 Å². The van der Waals surface area contributed by atoms with Gasteiger partial charge in [-0.3, -0.25) is 0 Å². The van der Waals surface area contributed by atoms with Gasteiger partial charge in [-0.15, -0.1) is 0 Å². The Morgan fingerprint density at radius 3 is 1.65 bits per heavy atom. The van der Waals surface area contributed by atoms with E-state index in [9.17, 15) is 132 Å². The largest absolute Gasteiger partial charge is 0.508 e. The first-order chi connectivity index (χ1) is 63.6. The molecule has 7 aromatic rings. The number of phenols is 4. The molecule has 9 heterocycles. The minimum absolute atomic E-state index is 0.0953. The average Bonchev–Trinajstić information content (AvgIpc) is 0.748. The number of fused-ring (bicyclic) bond motifs is 12. The maximum atomic E-state index is 14.4. The van der Waals surface area contributed by atoms with Crippen LogP contribution in [0.3, 0.4) is 0 Å². The number of carbonyl (C=O) groups is 2. The summed E-state index contributed by atoms with van der Waals surface area (Å²) in [7, 11) is 1.36. The van der Waals surface area contributed by atoms with Crippen LogP contribution >= 0.6 is 58.0 Å². The number of aliphatic imine (C=N–C) groups is 7. The Bertz CT molecular complexity index is 5850. The highest BCUT2D eigenvalue weighted by molar-refractivity contribution is 6.37. The van der Waals surface area contributed by atoms with Gasteiger partial charge in [0.15, 0.2) is 83.3 Å². The van der Waals surface area contributed by atoms with E-state index in [0.29, 0.717) is 25.0 Å². The van der Waals surface area contributed by atoms with Gasteiger partial charge in [0, 0.05) is 40.8 Å². The van der Waals surface area contributed by atoms with Crippen LogP contribution in [0, 0.1) is 5.92 Å². The molecule has 0 radical (unpaired) electrons. The van der Waals surface area contributed by atoms with Crippen molar-refractivity contribution in [2.24, 2.45) is 40.9 Å². The van der Waals surface area contributed by atoms with Crippen LogP contribution in [-0.2, 0) is 28.5 Å². The fraction of sp³-hybridized carbons (Fsp3) is 0.407. The molecule has 24 atom stereocenters. The molecule has 3 fully saturated rings. The van der Waals surface area contributed by atoms with Gasteiger partial charge in [0.25, 0.3) is 0 Å². The minimum atomic E-state index is -2.79. The van der Waals surface area contributed by atoms with Crippen molar-refractivity contribution in [1.82, 2.24) is 5.32 Å². The third kappa shape index (κ3) is 20.2. The summed E-state index contributed by atoms with van der Waals surface area (Å²) in [6.07, 6.45) is -34.1. The van der Waals surface area contributed by atoms with Crippen LogP contribution in [0.2, 0.25) is 25.1 Å². The summed E-state index contributed by atoms with van der Waals surface area (Å²) in [5.41, 5.74) is -5.37. The van der Waals surface area contributed by atoms with Crippen molar-refractivity contribution >= 4 is 111 Å². The average molecular weight is 1970 g/mol. The highest BCUT2D eigenvalue weighted by atomic mass is 35.5. The number of nitrogens with one attached hydrogen (secondary N) is 1. The number of unbranched alkanes of at least 4 members (excludes halogenated alkanes) is 2. The van der Waals surface area contributed by atoms with Gasteiger partial charge >= 0.3 is 11.9 Å². The molecule has 25 N–H and O–H groups in total. The number of carboxylic acids is 2. The smallest absolute Gasteiger partial charge is 0.335 e. The second kappa shape index (κ2) is 40.8. The third-order valence-electron chi connectivity index (χ3n) is 22.9. The molecule has 16 rings (SSSR count). The number of nitrogens with zero attached hydrogens (tertiary/aromatic N) is 7. The lowest BCUT2D eigenvalue weighted by Gasteiger charge is -2.41. The number of aromatic hydroxyl groups is 4. The Labute approximate surface area is 782 Å². The van der Waals surface area contributed by atoms with E-state index in [1.807, 2.05) is 13.8 Å². The Morgan fingerprint density at radius 2 is 1.04 bits per heavy atom. The van der Waals surface area contributed by atoms with Crippen molar-refractivity contribution in [1.29, 1.82) is 0 Å². The molecule has 48 heteroatoms. The van der Waals surface area contributed by atoms with E-state index in [0.717, 1.165) is 79.2 Å².